The molecule has 4 aromatic rings. The van der Waals surface area contributed by atoms with E-state index < -0.39 is 63.7 Å². The number of rotatable bonds is 6. The minimum atomic E-state index is -4.70. The van der Waals surface area contributed by atoms with E-state index in [0.717, 1.165) is 44.7 Å². The highest BCUT2D eigenvalue weighted by atomic mass is 32.2. The minimum Gasteiger partial charge on any atom is -0.497 e. The number of amides is 3. The Hall–Kier alpha value is -4.30. The van der Waals surface area contributed by atoms with Gasteiger partial charge < -0.3 is 14.5 Å². The first kappa shape index (κ1) is 27.8. The molecule has 0 radical (unpaired) electrons. The smallest absolute Gasteiger partial charge is 0.418 e. The lowest BCUT2D eigenvalue weighted by Crippen LogP contribution is -2.32. The lowest BCUT2D eigenvalue weighted by Gasteiger charge is -2.29. The van der Waals surface area contributed by atoms with E-state index in [4.69, 9.17) is 9.15 Å². The zero-order chi connectivity index (χ0) is 29.8. The number of halogens is 3. The molecule has 2 aliphatic rings. The van der Waals surface area contributed by atoms with Gasteiger partial charge in [-0.2, -0.15) is 13.2 Å². The van der Waals surface area contributed by atoms with Crippen LogP contribution < -0.4 is 19.8 Å². The van der Waals surface area contributed by atoms with Crippen molar-refractivity contribution in [3.63, 3.8) is 0 Å². The van der Waals surface area contributed by atoms with Gasteiger partial charge in [-0.05, 0) is 48.5 Å². The molecule has 0 spiro atoms. The van der Waals surface area contributed by atoms with Gasteiger partial charge in [-0.25, -0.2) is 4.90 Å². The van der Waals surface area contributed by atoms with Gasteiger partial charge in [0.15, 0.2) is 0 Å². The van der Waals surface area contributed by atoms with E-state index in [1.165, 1.54) is 25.5 Å². The number of fused-ring (bicyclic) bond motifs is 2. The third-order valence-corrected chi connectivity index (χ3v) is 9.64. The summed E-state index contributed by atoms with van der Waals surface area (Å²) in [7, 11) is 1.49. The summed E-state index contributed by atoms with van der Waals surface area (Å²) in [6.07, 6.45) is -3.28. The maximum absolute atomic E-state index is 13.8. The Morgan fingerprint density at radius 3 is 2.43 bits per heavy atom. The fourth-order valence-electron chi connectivity index (χ4n) is 5.19. The summed E-state index contributed by atoms with van der Waals surface area (Å²) in [5.41, 5.74) is -1.12. The van der Waals surface area contributed by atoms with Crippen molar-refractivity contribution < 1.29 is 36.7 Å². The number of alkyl halides is 3. The maximum Gasteiger partial charge on any atom is 0.418 e. The molecule has 2 aromatic carbocycles. The third-order valence-electron chi connectivity index (χ3n) is 7.04. The SMILES string of the molecule is COc1ccc(N2C(=O)[C@H]3[C@H](c4ccco4)c4sc(=O)n(CC(=O)Nc5ccccc5C(F)(F)F)c4S[C@H]3C2=O)cc1. The lowest BCUT2D eigenvalue weighted by molar-refractivity contribution is -0.137. The number of thiazole rings is 1. The Morgan fingerprint density at radius 2 is 1.76 bits per heavy atom. The normalized spacial score (nSPS) is 19.9. The Balaban J connectivity index is 1.36. The van der Waals surface area contributed by atoms with Gasteiger partial charge in [-0.15, -0.1) is 0 Å². The van der Waals surface area contributed by atoms with Crippen molar-refractivity contribution in [2.75, 3.05) is 17.3 Å². The number of furan rings is 1. The number of nitrogens with zero attached hydrogens (tertiary/aromatic N) is 2. The molecule has 2 aliphatic heterocycles. The quantitative estimate of drug-likeness (QED) is 0.305. The predicted molar refractivity (Wildman–Crippen MR) is 148 cm³/mol. The van der Waals surface area contributed by atoms with Crippen molar-refractivity contribution in [2.24, 2.45) is 5.92 Å². The van der Waals surface area contributed by atoms with Crippen molar-refractivity contribution in [3.05, 3.63) is 92.8 Å². The zero-order valence-electron chi connectivity index (χ0n) is 21.6. The van der Waals surface area contributed by atoms with Gasteiger partial charge in [-0.3, -0.25) is 23.7 Å². The molecule has 14 heteroatoms. The minimum absolute atomic E-state index is 0.282. The number of carbonyl (C=O) groups is 3. The molecule has 3 amide bonds. The van der Waals surface area contributed by atoms with Crippen molar-refractivity contribution in [1.29, 1.82) is 0 Å². The lowest BCUT2D eigenvalue weighted by atomic mass is 9.87. The average molecular weight is 616 g/mol. The van der Waals surface area contributed by atoms with Gasteiger partial charge in [0.05, 0.1) is 52.1 Å². The van der Waals surface area contributed by atoms with Crippen LogP contribution in [0.1, 0.15) is 22.1 Å². The highest BCUT2D eigenvalue weighted by Crippen LogP contribution is 2.54. The van der Waals surface area contributed by atoms with Crippen molar-refractivity contribution in [2.45, 2.75) is 28.9 Å². The van der Waals surface area contributed by atoms with Crippen LogP contribution in [0.4, 0.5) is 24.5 Å². The van der Waals surface area contributed by atoms with E-state index in [1.807, 2.05) is 0 Å². The fraction of sp³-hybridized carbons (Fsp3) is 0.214. The number of hydrogen-bond donors (Lipinski definition) is 1. The van der Waals surface area contributed by atoms with Crippen LogP contribution >= 0.6 is 23.1 Å². The van der Waals surface area contributed by atoms with Gasteiger partial charge in [0.1, 0.15) is 23.3 Å². The van der Waals surface area contributed by atoms with Crippen LogP contribution in [0.5, 0.6) is 5.75 Å². The van der Waals surface area contributed by atoms with Crippen LogP contribution in [0.15, 0.2) is 81.2 Å². The molecule has 1 saturated heterocycles. The molecule has 1 fully saturated rings. The summed E-state index contributed by atoms with van der Waals surface area (Å²) >= 11 is 1.79. The molecule has 0 unspecified atom stereocenters. The number of thioether (sulfide) groups is 1. The van der Waals surface area contributed by atoms with E-state index in [-0.39, 0.29) is 5.03 Å². The number of carbonyl (C=O) groups excluding carboxylic acids is 3. The second-order valence-corrected chi connectivity index (χ2v) is 11.6. The number of benzene rings is 2. The Bertz CT molecular complexity index is 1750. The Morgan fingerprint density at radius 1 is 1.02 bits per heavy atom. The molecule has 216 valence electrons. The summed E-state index contributed by atoms with van der Waals surface area (Å²) in [6.45, 7) is -0.601. The van der Waals surface area contributed by atoms with Crippen LogP contribution in [-0.4, -0.2) is 34.6 Å². The highest BCUT2D eigenvalue weighted by Gasteiger charge is 2.57. The standard InChI is InChI=1S/C28H20F3N3O6S2/c1-39-15-10-8-14(9-11-15)34-24(36)21-20(18-7-4-12-40-18)23-26(41-22(21)25(34)37)33(27(38)42-23)13-19(35)32-17-6-3-2-5-16(17)28(29,30)31/h2-12,20-22H,13H2,1H3,(H,32,35)/t20-,21-,22+/m0/s1. The number of anilines is 2. The summed E-state index contributed by atoms with van der Waals surface area (Å²) in [4.78, 5) is 54.5. The molecule has 42 heavy (non-hydrogen) atoms. The van der Waals surface area contributed by atoms with Crippen LogP contribution in [0.25, 0.3) is 0 Å². The molecule has 6 rings (SSSR count). The second-order valence-electron chi connectivity index (χ2n) is 9.48. The van der Waals surface area contributed by atoms with Crippen LogP contribution in [0.2, 0.25) is 0 Å². The monoisotopic (exact) mass is 615 g/mol. The average Bonchev–Trinajstić information content (AvgIpc) is 3.66. The Labute approximate surface area is 243 Å². The molecule has 3 atom stereocenters. The van der Waals surface area contributed by atoms with Crippen LogP contribution in [0.3, 0.4) is 0 Å². The Kier molecular flexibility index (Phi) is 6.97. The zero-order valence-corrected chi connectivity index (χ0v) is 23.2. The topological polar surface area (TPSA) is 111 Å². The number of para-hydroxylation sites is 1. The molecular formula is C28H20F3N3O6S2. The molecule has 2 aromatic heterocycles. The number of hydrogen-bond acceptors (Lipinski definition) is 8. The molecular weight excluding hydrogens is 595 g/mol. The number of methoxy groups -OCH3 is 1. The van der Waals surface area contributed by atoms with Crippen molar-refractivity contribution >= 4 is 52.2 Å². The van der Waals surface area contributed by atoms with Crippen LogP contribution in [0, 0.1) is 5.92 Å². The number of nitrogens with one attached hydrogen (secondary N) is 1. The third kappa shape index (κ3) is 4.69. The van der Waals surface area contributed by atoms with Crippen molar-refractivity contribution in [1.82, 2.24) is 4.57 Å². The molecule has 4 heterocycles. The van der Waals surface area contributed by atoms with E-state index >= 15 is 0 Å². The first-order chi connectivity index (χ1) is 20.1. The number of ether oxygens (including phenoxy) is 1. The highest BCUT2D eigenvalue weighted by molar-refractivity contribution is 8.00. The van der Waals surface area contributed by atoms with E-state index in [9.17, 15) is 32.3 Å². The largest absolute Gasteiger partial charge is 0.497 e. The fourth-order valence-corrected chi connectivity index (χ4v) is 7.94. The van der Waals surface area contributed by atoms with Crippen molar-refractivity contribution in [3.8, 4) is 5.75 Å². The van der Waals surface area contributed by atoms with Gasteiger partial charge in [0, 0.05) is 0 Å². The first-order valence-corrected chi connectivity index (χ1v) is 14.2. The summed E-state index contributed by atoms with van der Waals surface area (Å²) in [5, 5.41) is 1.58. The number of imide groups is 1. The van der Waals surface area contributed by atoms with Gasteiger partial charge in [-0.1, -0.05) is 35.2 Å². The van der Waals surface area contributed by atoms with Crippen LogP contribution in [-0.2, 0) is 27.1 Å². The maximum atomic E-state index is 13.8. The first-order valence-electron chi connectivity index (χ1n) is 12.5. The van der Waals surface area contributed by atoms with E-state index in [2.05, 4.69) is 5.32 Å². The summed E-state index contributed by atoms with van der Waals surface area (Å²) in [6, 6.07) is 14.2. The van der Waals surface area contributed by atoms with Gasteiger partial charge >= 0.3 is 11.0 Å². The molecule has 0 saturated carbocycles. The second kappa shape index (κ2) is 10.5. The summed E-state index contributed by atoms with van der Waals surface area (Å²) < 4.78 is 52.3. The molecule has 0 aliphatic carbocycles. The van der Waals surface area contributed by atoms with Gasteiger partial charge in [0.2, 0.25) is 17.7 Å². The predicted octanol–water partition coefficient (Wildman–Crippen LogP) is 4.96. The molecule has 0 bridgehead atoms. The summed E-state index contributed by atoms with van der Waals surface area (Å²) in [5.74, 6) is -2.63. The number of aromatic nitrogens is 1. The van der Waals surface area contributed by atoms with E-state index in [1.54, 1.807) is 36.4 Å². The molecule has 1 N–H and O–H groups in total. The van der Waals surface area contributed by atoms with E-state index in [0.29, 0.717) is 22.1 Å². The molecule has 9 nitrogen and oxygen atoms in total. The van der Waals surface area contributed by atoms with Gasteiger partial charge in [0.25, 0.3) is 0 Å².